The Bertz CT molecular complexity index is 1190. The van der Waals surface area contributed by atoms with Gasteiger partial charge in [0.2, 0.25) is 4.96 Å². The lowest BCUT2D eigenvalue weighted by atomic mass is 10.2. The monoisotopic (exact) mass is 458 g/mol. The number of carbonyl (C=O) groups excluding carboxylic acids is 1. The van der Waals surface area contributed by atoms with Crippen molar-refractivity contribution in [3.63, 3.8) is 0 Å². The van der Waals surface area contributed by atoms with Crippen molar-refractivity contribution < 1.29 is 9.53 Å². The van der Waals surface area contributed by atoms with Gasteiger partial charge in [-0.05, 0) is 61.6 Å². The Kier molecular flexibility index (Phi) is 5.88. The molecule has 2 aromatic heterocycles. The molecule has 2 N–H and O–H groups in total. The summed E-state index contributed by atoms with van der Waals surface area (Å²) in [5, 5.41) is 19.2. The standard InChI is InChI=1S/C19H15ClN6O2S2/c1-2-28-15-8-5-12(9-14(15)20)16(27)23-18(29)22-13-6-3-11(4-7-13)17-25-26-10-21-24-19(26)30-17/h3-10H,2H2,1H3,(H2,22,23,27,29). The molecule has 0 aliphatic heterocycles. The van der Waals surface area contributed by atoms with Crippen LogP contribution in [0.5, 0.6) is 5.75 Å². The summed E-state index contributed by atoms with van der Waals surface area (Å²) in [4.78, 5) is 13.1. The number of hydrogen-bond acceptors (Lipinski definition) is 7. The molecule has 1 amide bonds. The molecule has 0 unspecified atom stereocenters. The summed E-state index contributed by atoms with van der Waals surface area (Å²) in [6.45, 7) is 2.35. The van der Waals surface area contributed by atoms with Gasteiger partial charge in [-0.25, -0.2) is 0 Å². The van der Waals surface area contributed by atoms with Gasteiger partial charge < -0.3 is 10.1 Å². The number of rotatable bonds is 5. The number of benzene rings is 2. The fourth-order valence-corrected chi connectivity index (χ4v) is 3.90. The van der Waals surface area contributed by atoms with Crippen LogP contribution in [0.15, 0.2) is 48.8 Å². The van der Waals surface area contributed by atoms with Crippen LogP contribution in [0.1, 0.15) is 17.3 Å². The van der Waals surface area contributed by atoms with Crippen LogP contribution in [0.3, 0.4) is 0 Å². The fourth-order valence-electron chi connectivity index (χ4n) is 2.62. The van der Waals surface area contributed by atoms with E-state index in [4.69, 9.17) is 28.6 Å². The Balaban J connectivity index is 1.38. The van der Waals surface area contributed by atoms with Gasteiger partial charge in [0, 0.05) is 16.8 Å². The van der Waals surface area contributed by atoms with E-state index >= 15 is 0 Å². The summed E-state index contributed by atoms with van der Waals surface area (Å²) in [5.41, 5.74) is 2.05. The Morgan fingerprint density at radius 2 is 2.07 bits per heavy atom. The molecular formula is C19H15ClN6O2S2. The van der Waals surface area contributed by atoms with Crippen molar-refractivity contribution in [2.75, 3.05) is 11.9 Å². The minimum atomic E-state index is -0.367. The predicted molar refractivity (Wildman–Crippen MR) is 120 cm³/mol. The summed E-state index contributed by atoms with van der Waals surface area (Å²) in [5.74, 6) is 0.162. The van der Waals surface area contributed by atoms with Crippen molar-refractivity contribution >= 4 is 56.8 Å². The molecule has 0 bridgehead atoms. The first kappa shape index (κ1) is 20.2. The van der Waals surface area contributed by atoms with Gasteiger partial charge in [-0.15, -0.1) is 10.2 Å². The summed E-state index contributed by atoms with van der Waals surface area (Å²) in [7, 11) is 0. The number of fused-ring (bicyclic) bond motifs is 1. The van der Waals surface area contributed by atoms with E-state index in [1.165, 1.54) is 11.3 Å². The third-order valence-corrected chi connectivity index (χ3v) is 5.46. The van der Waals surface area contributed by atoms with Gasteiger partial charge in [-0.1, -0.05) is 22.9 Å². The maximum atomic E-state index is 12.4. The average molecular weight is 459 g/mol. The van der Waals surface area contributed by atoms with Crippen LogP contribution >= 0.6 is 35.2 Å². The van der Waals surface area contributed by atoms with Crippen LogP contribution in [-0.4, -0.2) is 37.4 Å². The molecule has 0 fully saturated rings. The quantitative estimate of drug-likeness (QED) is 0.436. The normalized spacial score (nSPS) is 10.7. The van der Waals surface area contributed by atoms with Crippen molar-refractivity contribution in [2.45, 2.75) is 6.92 Å². The van der Waals surface area contributed by atoms with Crippen molar-refractivity contribution in [3.05, 3.63) is 59.4 Å². The van der Waals surface area contributed by atoms with Gasteiger partial charge in [-0.3, -0.25) is 10.1 Å². The van der Waals surface area contributed by atoms with Crippen LogP contribution in [0.4, 0.5) is 5.69 Å². The maximum Gasteiger partial charge on any atom is 0.257 e. The molecule has 4 rings (SSSR count). The number of hydrogen-bond donors (Lipinski definition) is 2. The fraction of sp³-hybridized carbons (Fsp3) is 0.105. The largest absolute Gasteiger partial charge is 0.492 e. The smallest absolute Gasteiger partial charge is 0.257 e. The lowest BCUT2D eigenvalue weighted by Gasteiger charge is -2.11. The van der Waals surface area contributed by atoms with Crippen molar-refractivity contribution in [3.8, 4) is 16.3 Å². The zero-order valence-electron chi connectivity index (χ0n) is 15.6. The lowest BCUT2D eigenvalue weighted by molar-refractivity contribution is 0.0977. The molecule has 0 radical (unpaired) electrons. The van der Waals surface area contributed by atoms with E-state index in [-0.39, 0.29) is 11.0 Å². The van der Waals surface area contributed by atoms with Gasteiger partial charge in [0.1, 0.15) is 17.1 Å². The number of anilines is 1. The Hall–Kier alpha value is -3.08. The molecule has 0 atom stereocenters. The average Bonchev–Trinajstić information content (AvgIpc) is 3.32. The summed E-state index contributed by atoms with van der Waals surface area (Å²) in [6.07, 6.45) is 1.56. The number of nitrogens with zero attached hydrogens (tertiary/aromatic N) is 4. The third kappa shape index (κ3) is 4.40. The highest BCUT2D eigenvalue weighted by Gasteiger charge is 2.12. The third-order valence-electron chi connectivity index (χ3n) is 4.00. The molecule has 11 heteroatoms. The maximum absolute atomic E-state index is 12.4. The lowest BCUT2D eigenvalue weighted by Crippen LogP contribution is -2.34. The molecule has 2 aromatic carbocycles. The predicted octanol–water partition coefficient (Wildman–Crippen LogP) is 4.03. The Labute approximate surface area is 185 Å². The number of thiocarbonyl (C=S) groups is 1. The topological polar surface area (TPSA) is 93.4 Å². The van der Waals surface area contributed by atoms with Crippen molar-refractivity contribution in [1.82, 2.24) is 25.1 Å². The van der Waals surface area contributed by atoms with Gasteiger partial charge >= 0.3 is 0 Å². The first-order valence-corrected chi connectivity index (χ1v) is 10.5. The number of ether oxygens (including phenoxy) is 1. The van der Waals surface area contributed by atoms with Gasteiger partial charge in [-0.2, -0.15) is 9.61 Å². The van der Waals surface area contributed by atoms with Gasteiger partial charge in [0.05, 0.1) is 11.6 Å². The molecule has 152 valence electrons. The molecular weight excluding hydrogens is 444 g/mol. The van der Waals surface area contributed by atoms with E-state index in [1.54, 1.807) is 29.0 Å². The van der Waals surface area contributed by atoms with Gasteiger partial charge in [0.25, 0.3) is 5.91 Å². The highest BCUT2D eigenvalue weighted by atomic mass is 35.5. The highest BCUT2D eigenvalue weighted by Crippen LogP contribution is 2.26. The second-order valence-electron chi connectivity index (χ2n) is 6.03. The molecule has 4 aromatic rings. The van der Waals surface area contributed by atoms with Crippen LogP contribution in [0.2, 0.25) is 5.02 Å². The SMILES string of the molecule is CCOc1ccc(C(=O)NC(=S)Nc2ccc(-c3nn4cnnc4s3)cc2)cc1Cl. The molecule has 2 heterocycles. The van der Waals surface area contributed by atoms with Crippen molar-refractivity contribution in [1.29, 1.82) is 0 Å². The minimum absolute atomic E-state index is 0.177. The number of nitrogens with one attached hydrogen (secondary N) is 2. The minimum Gasteiger partial charge on any atom is -0.492 e. The van der Waals surface area contributed by atoms with E-state index in [0.29, 0.717) is 22.9 Å². The second kappa shape index (κ2) is 8.74. The van der Waals surface area contributed by atoms with Crippen LogP contribution in [-0.2, 0) is 0 Å². The zero-order valence-corrected chi connectivity index (χ0v) is 18.0. The first-order valence-electron chi connectivity index (χ1n) is 8.85. The number of halogens is 1. The van der Waals surface area contributed by atoms with Crippen LogP contribution < -0.4 is 15.4 Å². The zero-order chi connectivity index (χ0) is 21.1. The van der Waals surface area contributed by atoms with E-state index in [0.717, 1.165) is 21.2 Å². The van der Waals surface area contributed by atoms with Crippen LogP contribution in [0.25, 0.3) is 15.5 Å². The molecule has 0 spiro atoms. The number of amides is 1. The number of aromatic nitrogens is 4. The molecule has 0 saturated heterocycles. The van der Waals surface area contributed by atoms with E-state index in [9.17, 15) is 4.79 Å². The molecule has 0 aliphatic rings. The molecule has 0 aliphatic carbocycles. The van der Waals surface area contributed by atoms with Crippen molar-refractivity contribution in [2.24, 2.45) is 0 Å². The van der Waals surface area contributed by atoms with E-state index in [2.05, 4.69) is 25.9 Å². The Morgan fingerprint density at radius 1 is 1.27 bits per heavy atom. The summed E-state index contributed by atoms with van der Waals surface area (Å²) < 4.78 is 7.00. The second-order valence-corrected chi connectivity index (χ2v) is 7.80. The van der Waals surface area contributed by atoms with Crippen LogP contribution in [0, 0.1) is 0 Å². The highest BCUT2D eigenvalue weighted by molar-refractivity contribution is 7.80. The van der Waals surface area contributed by atoms with E-state index < -0.39 is 0 Å². The first-order chi connectivity index (χ1) is 14.5. The Morgan fingerprint density at radius 3 is 2.77 bits per heavy atom. The summed E-state index contributed by atoms with van der Waals surface area (Å²) in [6, 6.07) is 12.3. The van der Waals surface area contributed by atoms with Gasteiger partial charge in [0.15, 0.2) is 5.11 Å². The van der Waals surface area contributed by atoms with E-state index in [1.807, 2.05) is 31.2 Å². The molecule has 8 nitrogen and oxygen atoms in total. The number of carbonyl (C=O) groups is 1. The molecule has 30 heavy (non-hydrogen) atoms. The molecule has 0 saturated carbocycles. The summed E-state index contributed by atoms with van der Waals surface area (Å²) >= 11 is 12.8.